The Morgan fingerprint density at radius 3 is 2.07 bits per heavy atom. The lowest BCUT2D eigenvalue weighted by molar-refractivity contribution is -0.385. The van der Waals surface area contributed by atoms with Crippen molar-refractivity contribution in [2.75, 3.05) is 13.2 Å². The zero-order valence-electron chi connectivity index (χ0n) is 14.9. The van der Waals surface area contributed by atoms with Gasteiger partial charge in [0, 0.05) is 11.6 Å². The molecule has 0 unspecified atom stereocenters. The van der Waals surface area contributed by atoms with Gasteiger partial charge in [0.1, 0.15) is 11.8 Å². The molecule has 27 heavy (non-hydrogen) atoms. The maximum Gasteiger partial charge on any atom is 0.345 e. The van der Waals surface area contributed by atoms with Gasteiger partial charge in [0.25, 0.3) is 5.69 Å². The fourth-order valence-electron chi connectivity index (χ4n) is 2.20. The van der Waals surface area contributed by atoms with E-state index in [4.69, 9.17) is 9.47 Å². The summed E-state index contributed by atoms with van der Waals surface area (Å²) in [6.45, 7) is 3.57. The van der Waals surface area contributed by atoms with Crippen LogP contribution < -0.4 is 0 Å². The third kappa shape index (κ3) is 5.21. The number of aromatic nitrogens is 1. The Morgan fingerprint density at radius 1 is 1.04 bits per heavy atom. The molecule has 0 saturated carbocycles. The second-order valence-corrected chi connectivity index (χ2v) is 5.28. The molecule has 0 N–H and O–H groups in total. The van der Waals surface area contributed by atoms with Gasteiger partial charge in [0.15, 0.2) is 0 Å². The summed E-state index contributed by atoms with van der Waals surface area (Å²) in [6, 6.07) is 9.76. The van der Waals surface area contributed by atoms with E-state index in [-0.39, 0.29) is 24.5 Å². The highest BCUT2D eigenvalue weighted by molar-refractivity contribution is 6.17. The second kappa shape index (κ2) is 9.23. The zero-order valence-corrected chi connectivity index (χ0v) is 14.9. The molecular formula is C19H18N2O6. The van der Waals surface area contributed by atoms with E-state index in [0.717, 1.165) is 5.56 Å². The van der Waals surface area contributed by atoms with E-state index in [2.05, 4.69) is 4.98 Å². The topological polar surface area (TPSA) is 109 Å². The second-order valence-electron chi connectivity index (χ2n) is 5.28. The van der Waals surface area contributed by atoms with E-state index in [1.807, 2.05) is 0 Å². The molecule has 0 bridgehead atoms. The summed E-state index contributed by atoms with van der Waals surface area (Å²) >= 11 is 0. The molecule has 1 aromatic heterocycles. The predicted octanol–water partition coefficient (Wildman–Crippen LogP) is 3.17. The molecular weight excluding hydrogens is 352 g/mol. The first-order chi connectivity index (χ1) is 13.0. The van der Waals surface area contributed by atoms with Gasteiger partial charge in [-0.2, -0.15) is 0 Å². The number of pyridine rings is 1. The molecule has 1 heterocycles. The summed E-state index contributed by atoms with van der Waals surface area (Å²) in [7, 11) is 0. The normalized spacial score (nSPS) is 10.0. The van der Waals surface area contributed by atoms with Crippen LogP contribution in [0.4, 0.5) is 5.69 Å². The van der Waals surface area contributed by atoms with Crippen molar-refractivity contribution >= 4 is 23.7 Å². The molecule has 2 rings (SSSR count). The predicted molar refractivity (Wildman–Crippen MR) is 97.6 cm³/mol. The molecule has 0 spiro atoms. The van der Waals surface area contributed by atoms with Gasteiger partial charge in [-0.15, -0.1) is 0 Å². The van der Waals surface area contributed by atoms with Crippen molar-refractivity contribution < 1.29 is 24.0 Å². The number of hydrogen-bond acceptors (Lipinski definition) is 7. The number of benzene rings is 1. The monoisotopic (exact) mass is 370 g/mol. The third-order valence-corrected chi connectivity index (χ3v) is 3.47. The number of carbonyl (C=O) groups is 2. The van der Waals surface area contributed by atoms with Crippen LogP contribution in [0.15, 0.2) is 48.2 Å². The van der Waals surface area contributed by atoms with Crippen LogP contribution in [0.25, 0.3) is 17.3 Å². The van der Waals surface area contributed by atoms with E-state index in [1.165, 1.54) is 18.3 Å². The SMILES string of the molecule is CCOC(=O)C(=Cc1ccc(-c2ccc([N+](=O)[O-])cn2)cc1)C(=O)OCC. The zero-order chi connectivity index (χ0) is 19.8. The van der Waals surface area contributed by atoms with E-state index < -0.39 is 16.9 Å². The fourth-order valence-corrected chi connectivity index (χ4v) is 2.20. The van der Waals surface area contributed by atoms with Crippen molar-refractivity contribution in [3.63, 3.8) is 0 Å². The summed E-state index contributed by atoms with van der Waals surface area (Å²) in [5, 5.41) is 10.7. The molecule has 0 aliphatic rings. The van der Waals surface area contributed by atoms with E-state index in [0.29, 0.717) is 11.3 Å². The molecule has 0 aliphatic heterocycles. The Morgan fingerprint density at radius 2 is 1.63 bits per heavy atom. The Bertz CT molecular complexity index is 837. The average molecular weight is 370 g/mol. The molecule has 8 nitrogen and oxygen atoms in total. The van der Waals surface area contributed by atoms with Crippen molar-refractivity contribution in [3.05, 3.63) is 63.8 Å². The molecule has 0 aliphatic carbocycles. The summed E-state index contributed by atoms with van der Waals surface area (Å²) in [5.41, 5.74) is 1.60. The van der Waals surface area contributed by atoms with Crippen LogP contribution in [0, 0.1) is 10.1 Å². The van der Waals surface area contributed by atoms with Crippen molar-refractivity contribution in [1.82, 2.24) is 4.98 Å². The Labute approximate surface area is 155 Å². The van der Waals surface area contributed by atoms with Gasteiger partial charge in [0.05, 0.1) is 23.8 Å². The molecule has 140 valence electrons. The smallest absolute Gasteiger partial charge is 0.345 e. The number of esters is 2. The first kappa shape index (κ1) is 19.8. The van der Waals surface area contributed by atoms with Crippen molar-refractivity contribution in [1.29, 1.82) is 0 Å². The summed E-state index contributed by atoms with van der Waals surface area (Å²) in [6.07, 6.45) is 2.58. The number of carbonyl (C=O) groups excluding carboxylic acids is 2. The van der Waals surface area contributed by atoms with Crippen molar-refractivity contribution in [2.45, 2.75) is 13.8 Å². The van der Waals surface area contributed by atoms with Gasteiger partial charge in [-0.25, -0.2) is 14.6 Å². The van der Waals surface area contributed by atoms with Crippen LogP contribution in [0.2, 0.25) is 0 Å². The first-order valence-electron chi connectivity index (χ1n) is 8.23. The maximum atomic E-state index is 12.0. The lowest BCUT2D eigenvalue weighted by atomic mass is 10.1. The van der Waals surface area contributed by atoms with Gasteiger partial charge in [0.2, 0.25) is 0 Å². The highest BCUT2D eigenvalue weighted by Gasteiger charge is 2.20. The van der Waals surface area contributed by atoms with Crippen molar-refractivity contribution in [3.8, 4) is 11.3 Å². The van der Waals surface area contributed by atoms with Gasteiger partial charge >= 0.3 is 11.9 Å². The van der Waals surface area contributed by atoms with Gasteiger partial charge in [-0.3, -0.25) is 10.1 Å². The standard InChI is InChI=1S/C19H18N2O6/c1-3-26-18(22)16(19(23)27-4-2)11-13-5-7-14(8-6-13)17-10-9-15(12-20-17)21(24)25/h5-12H,3-4H2,1-2H3. The Kier molecular flexibility index (Phi) is 6.76. The molecule has 0 amide bonds. The van der Waals surface area contributed by atoms with E-state index in [9.17, 15) is 19.7 Å². The van der Waals surface area contributed by atoms with Crippen LogP contribution in [0.3, 0.4) is 0 Å². The largest absolute Gasteiger partial charge is 0.462 e. The van der Waals surface area contributed by atoms with Crippen LogP contribution in [-0.4, -0.2) is 35.1 Å². The average Bonchev–Trinajstić information content (AvgIpc) is 2.67. The molecule has 2 aromatic rings. The minimum Gasteiger partial charge on any atom is -0.462 e. The lowest BCUT2D eigenvalue weighted by Gasteiger charge is -2.07. The minimum atomic E-state index is -0.753. The summed E-state index contributed by atoms with van der Waals surface area (Å²) in [5.74, 6) is -1.51. The molecule has 0 fully saturated rings. The third-order valence-electron chi connectivity index (χ3n) is 3.47. The highest BCUT2D eigenvalue weighted by Crippen LogP contribution is 2.21. The molecule has 8 heteroatoms. The van der Waals surface area contributed by atoms with Gasteiger partial charge in [-0.05, 0) is 31.6 Å². The van der Waals surface area contributed by atoms with Crippen LogP contribution in [0.5, 0.6) is 0 Å². The van der Waals surface area contributed by atoms with Crippen LogP contribution >= 0.6 is 0 Å². The number of nitro groups is 1. The van der Waals surface area contributed by atoms with E-state index in [1.54, 1.807) is 44.2 Å². The quantitative estimate of drug-likeness (QED) is 0.184. The van der Waals surface area contributed by atoms with E-state index >= 15 is 0 Å². The summed E-state index contributed by atoms with van der Waals surface area (Å²) < 4.78 is 9.79. The summed E-state index contributed by atoms with van der Waals surface area (Å²) in [4.78, 5) is 38.2. The van der Waals surface area contributed by atoms with Gasteiger partial charge < -0.3 is 9.47 Å². The first-order valence-corrected chi connectivity index (χ1v) is 8.23. The highest BCUT2D eigenvalue weighted by atomic mass is 16.6. The number of nitrogens with zero attached hydrogens (tertiary/aromatic N) is 2. The molecule has 1 aromatic carbocycles. The van der Waals surface area contributed by atoms with Crippen LogP contribution in [-0.2, 0) is 19.1 Å². The van der Waals surface area contributed by atoms with Crippen LogP contribution in [0.1, 0.15) is 19.4 Å². The van der Waals surface area contributed by atoms with Crippen molar-refractivity contribution in [2.24, 2.45) is 0 Å². The minimum absolute atomic E-state index is 0.0909. The molecule has 0 radical (unpaired) electrons. The maximum absolute atomic E-state index is 12.0. The number of hydrogen-bond donors (Lipinski definition) is 0. The number of rotatable bonds is 7. The molecule has 0 atom stereocenters. The number of ether oxygens (including phenoxy) is 2. The fraction of sp³-hybridized carbons (Fsp3) is 0.211. The Balaban J connectivity index is 2.27. The lowest BCUT2D eigenvalue weighted by Crippen LogP contribution is -2.18. The Hall–Kier alpha value is -3.55. The molecule has 0 saturated heterocycles. The van der Waals surface area contributed by atoms with Gasteiger partial charge in [-0.1, -0.05) is 24.3 Å².